The summed E-state index contributed by atoms with van der Waals surface area (Å²) in [4.78, 5) is 22.6. The SMILES string of the molecule is CCN(CC(=O)OC)S(=O)(=O)c1ccsc1C(=O)OC. The molecule has 9 heteroatoms. The minimum atomic E-state index is -3.96. The zero-order valence-electron chi connectivity index (χ0n) is 11.3. The van der Waals surface area contributed by atoms with E-state index in [0.717, 1.165) is 15.6 Å². The Kier molecular flexibility index (Phi) is 5.66. The Hall–Kier alpha value is -1.45. The van der Waals surface area contributed by atoms with Gasteiger partial charge in [-0.25, -0.2) is 13.2 Å². The van der Waals surface area contributed by atoms with E-state index in [4.69, 9.17) is 0 Å². The van der Waals surface area contributed by atoms with Crippen molar-refractivity contribution in [3.63, 3.8) is 0 Å². The normalized spacial score (nSPS) is 11.4. The van der Waals surface area contributed by atoms with E-state index in [1.807, 2.05) is 0 Å². The third-order valence-electron chi connectivity index (χ3n) is 2.50. The standard InChI is InChI=1S/C11H15NO6S2/c1-4-12(7-9(13)17-2)20(15,16)8-5-6-19-10(8)11(14)18-3/h5-6H,4,7H2,1-3H3. The maximum atomic E-state index is 12.4. The van der Waals surface area contributed by atoms with Gasteiger partial charge in [0.2, 0.25) is 10.0 Å². The molecule has 0 aliphatic carbocycles. The second kappa shape index (κ2) is 6.82. The summed E-state index contributed by atoms with van der Waals surface area (Å²) in [5.41, 5.74) is 0. The summed E-state index contributed by atoms with van der Waals surface area (Å²) in [6.07, 6.45) is 0. The minimum absolute atomic E-state index is 0.0178. The first-order valence-electron chi connectivity index (χ1n) is 5.61. The van der Waals surface area contributed by atoms with Gasteiger partial charge in [0.05, 0.1) is 14.2 Å². The van der Waals surface area contributed by atoms with Gasteiger partial charge in [0.25, 0.3) is 0 Å². The van der Waals surface area contributed by atoms with Crippen LogP contribution in [0.5, 0.6) is 0 Å². The van der Waals surface area contributed by atoms with E-state index in [0.29, 0.717) is 0 Å². The van der Waals surface area contributed by atoms with Gasteiger partial charge in [-0.2, -0.15) is 4.31 Å². The highest BCUT2D eigenvalue weighted by molar-refractivity contribution is 7.89. The van der Waals surface area contributed by atoms with Gasteiger partial charge in [-0.05, 0) is 11.4 Å². The Morgan fingerprint density at radius 3 is 2.45 bits per heavy atom. The quantitative estimate of drug-likeness (QED) is 0.717. The molecule has 7 nitrogen and oxygen atoms in total. The van der Waals surface area contributed by atoms with Crippen molar-refractivity contribution in [3.8, 4) is 0 Å². The van der Waals surface area contributed by atoms with E-state index in [1.54, 1.807) is 6.92 Å². The van der Waals surface area contributed by atoms with Gasteiger partial charge < -0.3 is 9.47 Å². The van der Waals surface area contributed by atoms with E-state index < -0.39 is 28.5 Å². The number of thiophene rings is 1. The second-order valence-electron chi connectivity index (χ2n) is 3.61. The molecule has 0 aromatic carbocycles. The van der Waals surface area contributed by atoms with Gasteiger partial charge in [-0.3, -0.25) is 4.79 Å². The van der Waals surface area contributed by atoms with Crippen molar-refractivity contribution in [1.82, 2.24) is 4.31 Å². The van der Waals surface area contributed by atoms with Crippen LogP contribution in [0.2, 0.25) is 0 Å². The highest BCUT2D eigenvalue weighted by Crippen LogP contribution is 2.25. The van der Waals surface area contributed by atoms with Crippen molar-refractivity contribution in [2.24, 2.45) is 0 Å². The predicted molar refractivity (Wildman–Crippen MR) is 72.1 cm³/mol. The summed E-state index contributed by atoms with van der Waals surface area (Å²) in [6, 6.07) is 1.31. The van der Waals surface area contributed by atoms with Crippen molar-refractivity contribution < 1.29 is 27.5 Å². The third kappa shape index (κ3) is 3.35. The van der Waals surface area contributed by atoms with Gasteiger partial charge in [-0.15, -0.1) is 11.3 Å². The van der Waals surface area contributed by atoms with Crippen LogP contribution >= 0.6 is 11.3 Å². The van der Waals surface area contributed by atoms with Crippen LogP contribution in [0.3, 0.4) is 0 Å². The molecule has 1 rings (SSSR count). The molecule has 0 saturated heterocycles. The molecule has 0 spiro atoms. The highest BCUT2D eigenvalue weighted by atomic mass is 32.2. The van der Waals surface area contributed by atoms with Crippen molar-refractivity contribution in [3.05, 3.63) is 16.3 Å². The van der Waals surface area contributed by atoms with E-state index in [-0.39, 0.29) is 16.3 Å². The zero-order valence-corrected chi connectivity index (χ0v) is 12.9. The van der Waals surface area contributed by atoms with E-state index in [2.05, 4.69) is 9.47 Å². The molecule has 0 aliphatic rings. The minimum Gasteiger partial charge on any atom is -0.468 e. The lowest BCUT2D eigenvalue weighted by Gasteiger charge is -2.18. The molecule has 1 aromatic heterocycles. The average molecular weight is 321 g/mol. The van der Waals surface area contributed by atoms with Crippen LogP contribution in [0.4, 0.5) is 0 Å². The van der Waals surface area contributed by atoms with E-state index >= 15 is 0 Å². The second-order valence-corrected chi connectivity index (χ2v) is 6.44. The third-order valence-corrected chi connectivity index (χ3v) is 5.49. The number of esters is 2. The number of methoxy groups -OCH3 is 2. The fourth-order valence-electron chi connectivity index (χ4n) is 1.46. The number of carbonyl (C=O) groups is 2. The topological polar surface area (TPSA) is 90.0 Å². The number of hydrogen-bond acceptors (Lipinski definition) is 7. The van der Waals surface area contributed by atoms with Crippen LogP contribution in [0.15, 0.2) is 16.3 Å². The van der Waals surface area contributed by atoms with Gasteiger partial charge in [0.1, 0.15) is 16.3 Å². The molecule has 1 aromatic rings. The molecule has 0 unspecified atom stereocenters. The van der Waals surface area contributed by atoms with Crippen molar-refractivity contribution >= 4 is 33.3 Å². The predicted octanol–water partition coefficient (Wildman–Crippen LogP) is 0.718. The van der Waals surface area contributed by atoms with E-state index in [1.165, 1.54) is 25.7 Å². The number of sulfonamides is 1. The van der Waals surface area contributed by atoms with Gasteiger partial charge in [0.15, 0.2) is 0 Å². The lowest BCUT2D eigenvalue weighted by Crippen LogP contribution is -2.36. The molecular formula is C11H15NO6S2. The highest BCUT2D eigenvalue weighted by Gasteiger charge is 2.31. The monoisotopic (exact) mass is 321 g/mol. The maximum Gasteiger partial charge on any atom is 0.349 e. The fourth-order valence-corrected chi connectivity index (χ4v) is 4.16. The number of rotatable bonds is 6. The number of ether oxygens (including phenoxy) is 2. The largest absolute Gasteiger partial charge is 0.468 e. The number of nitrogens with zero attached hydrogens (tertiary/aromatic N) is 1. The molecule has 112 valence electrons. The zero-order chi connectivity index (χ0) is 15.3. The van der Waals surface area contributed by atoms with Crippen LogP contribution in [0, 0.1) is 0 Å². The van der Waals surface area contributed by atoms with Crippen LogP contribution in [0.1, 0.15) is 16.6 Å². The van der Waals surface area contributed by atoms with Crippen LogP contribution in [-0.4, -0.2) is 52.0 Å². The Bertz CT molecular complexity index is 592. The molecule has 0 N–H and O–H groups in total. The summed E-state index contributed by atoms with van der Waals surface area (Å²) in [7, 11) is -1.61. The molecule has 0 saturated carbocycles. The van der Waals surface area contributed by atoms with Gasteiger partial charge >= 0.3 is 11.9 Å². The van der Waals surface area contributed by atoms with Crippen LogP contribution in [0.25, 0.3) is 0 Å². The summed E-state index contributed by atoms with van der Waals surface area (Å²) >= 11 is 0.965. The van der Waals surface area contributed by atoms with Crippen LogP contribution in [-0.2, 0) is 24.3 Å². The summed E-state index contributed by atoms with van der Waals surface area (Å²) in [6.45, 7) is 1.25. The first-order valence-corrected chi connectivity index (χ1v) is 7.93. The molecule has 0 atom stereocenters. The molecule has 0 radical (unpaired) electrons. The summed E-state index contributed by atoms with van der Waals surface area (Å²) in [5, 5.41) is 1.48. The van der Waals surface area contributed by atoms with Crippen molar-refractivity contribution in [1.29, 1.82) is 0 Å². The molecule has 0 aliphatic heterocycles. The summed E-state index contributed by atoms with van der Waals surface area (Å²) in [5.74, 6) is -1.40. The molecular weight excluding hydrogens is 306 g/mol. The number of hydrogen-bond donors (Lipinski definition) is 0. The molecule has 0 bridgehead atoms. The fraction of sp³-hybridized carbons (Fsp3) is 0.455. The Morgan fingerprint density at radius 2 is 1.95 bits per heavy atom. The van der Waals surface area contributed by atoms with Crippen molar-refractivity contribution in [2.45, 2.75) is 11.8 Å². The maximum absolute atomic E-state index is 12.4. The van der Waals surface area contributed by atoms with Crippen LogP contribution < -0.4 is 0 Å². The van der Waals surface area contributed by atoms with Gasteiger partial charge in [0, 0.05) is 6.54 Å². The lowest BCUT2D eigenvalue weighted by atomic mass is 10.5. The Morgan fingerprint density at radius 1 is 1.30 bits per heavy atom. The molecule has 0 fully saturated rings. The van der Waals surface area contributed by atoms with E-state index in [9.17, 15) is 18.0 Å². The average Bonchev–Trinajstić information content (AvgIpc) is 2.93. The molecule has 1 heterocycles. The molecule has 20 heavy (non-hydrogen) atoms. The Labute approximate surface area is 121 Å². The first kappa shape index (κ1) is 16.6. The smallest absolute Gasteiger partial charge is 0.349 e. The molecule has 0 amide bonds. The number of likely N-dealkylation sites (N-methyl/N-ethyl adjacent to an activating group) is 1. The van der Waals surface area contributed by atoms with Crippen molar-refractivity contribution in [2.75, 3.05) is 27.3 Å². The summed E-state index contributed by atoms with van der Waals surface area (Å²) < 4.78 is 34.8. The van der Waals surface area contributed by atoms with Gasteiger partial charge in [-0.1, -0.05) is 6.92 Å². The first-order chi connectivity index (χ1) is 9.38. The lowest BCUT2D eigenvalue weighted by molar-refractivity contribution is -0.140. The number of carbonyl (C=O) groups excluding carboxylic acids is 2. The Balaban J connectivity index is 3.18.